The maximum atomic E-state index is 12.0. The second-order valence-electron chi connectivity index (χ2n) is 5.50. The summed E-state index contributed by atoms with van der Waals surface area (Å²) in [7, 11) is 0. The highest BCUT2D eigenvalue weighted by Crippen LogP contribution is 2.27. The lowest BCUT2D eigenvalue weighted by Gasteiger charge is -2.06. The second-order valence-corrected chi connectivity index (χ2v) is 5.94. The van der Waals surface area contributed by atoms with Crippen molar-refractivity contribution in [3.63, 3.8) is 0 Å². The molecule has 0 saturated heterocycles. The molecular weight excluding hydrogens is 354 g/mol. The number of ether oxygens (including phenoxy) is 1. The van der Waals surface area contributed by atoms with Crippen LogP contribution in [0.1, 0.15) is 19.2 Å². The van der Waals surface area contributed by atoms with Crippen molar-refractivity contribution in [2.24, 2.45) is 0 Å². The Bertz CT molecular complexity index is 895. The van der Waals surface area contributed by atoms with E-state index >= 15 is 0 Å². The van der Waals surface area contributed by atoms with Crippen LogP contribution >= 0.6 is 11.6 Å². The Balaban J connectivity index is 1.61. The molecule has 1 amide bonds. The molecule has 6 nitrogen and oxygen atoms in total. The summed E-state index contributed by atoms with van der Waals surface area (Å²) in [5.74, 6) is 1.38. The molecule has 2 aromatic carbocycles. The molecule has 0 unspecified atom stereocenters. The van der Waals surface area contributed by atoms with E-state index in [1.54, 1.807) is 24.3 Å². The molecule has 0 spiro atoms. The van der Waals surface area contributed by atoms with Crippen LogP contribution in [-0.2, 0) is 11.2 Å². The third-order valence-electron chi connectivity index (χ3n) is 3.57. The Hall–Kier alpha value is -2.86. The Morgan fingerprint density at radius 2 is 2.08 bits per heavy atom. The predicted octanol–water partition coefficient (Wildman–Crippen LogP) is 4.36. The lowest BCUT2D eigenvalue weighted by atomic mass is 10.2. The van der Waals surface area contributed by atoms with E-state index in [2.05, 4.69) is 15.5 Å². The van der Waals surface area contributed by atoms with Crippen LogP contribution in [-0.4, -0.2) is 22.7 Å². The van der Waals surface area contributed by atoms with Crippen molar-refractivity contribution in [3.8, 4) is 17.1 Å². The molecule has 1 heterocycles. The molecule has 3 aromatic rings. The number of halogens is 1. The summed E-state index contributed by atoms with van der Waals surface area (Å²) in [5.41, 5.74) is 1.41. The van der Waals surface area contributed by atoms with Gasteiger partial charge in [0.05, 0.1) is 12.2 Å². The van der Waals surface area contributed by atoms with Crippen molar-refractivity contribution in [1.29, 1.82) is 0 Å². The number of nitrogens with one attached hydrogen (secondary N) is 1. The first-order chi connectivity index (χ1) is 12.7. The highest BCUT2D eigenvalue weighted by molar-refractivity contribution is 6.30. The van der Waals surface area contributed by atoms with Gasteiger partial charge in [0.25, 0.3) is 0 Å². The summed E-state index contributed by atoms with van der Waals surface area (Å²) >= 11 is 5.90. The van der Waals surface area contributed by atoms with E-state index in [4.69, 9.17) is 20.9 Å². The van der Waals surface area contributed by atoms with Crippen LogP contribution in [0.2, 0.25) is 5.02 Å². The van der Waals surface area contributed by atoms with Gasteiger partial charge in [-0.3, -0.25) is 4.79 Å². The van der Waals surface area contributed by atoms with Gasteiger partial charge in [-0.2, -0.15) is 4.98 Å². The molecule has 3 rings (SSSR count). The summed E-state index contributed by atoms with van der Waals surface area (Å²) in [5, 5.41) is 7.34. The standard InChI is InChI=1S/C19H18ClN3O3/c1-2-25-16-9-4-3-8-15(16)19-22-18(26-23-19)11-10-17(24)21-14-7-5-6-13(20)12-14/h3-9,12H,2,10-11H2,1H3,(H,21,24). The van der Waals surface area contributed by atoms with E-state index in [1.165, 1.54) is 0 Å². The van der Waals surface area contributed by atoms with Crippen molar-refractivity contribution in [3.05, 3.63) is 59.4 Å². The first kappa shape index (κ1) is 17.9. The lowest BCUT2D eigenvalue weighted by molar-refractivity contribution is -0.116. The minimum Gasteiger partial charge on any atom is -0.493 e. The van der Waals surface area contributed by atoms with Crippen LogP contribution in [0, 0.1) is 0 Å². The molecule has 134 valence electrons. The molecule has 7 heteroatoms. The van der Waals surface area contributed by atoms with Crippen LogP contribution < -0.4 is 10.1 Å². The van der Waals surface area contributed by atoms with Gasteiger partial charge in [0.15, 0.2) is 0 Å². The maximum absolute atomic E-state index is 12.0. The zero-order valence-corrected chi connectivity index (χ0v) is 15.0. The Labute approximate surface area is 156 Å². The summed E-state index contributed by atoms with van der Waals surface area (Å²) in [6.45, 7) is 2.46. The van der Waals surface area contributed by atoms with Crippen LogP contribution in [0.4, 0.5) is 5.69 Å². The van der Waals surface area contributed by atoms with E-state index in [0.717, 1.165) is 5.56 Å². The zero-order valence-electron chi connectivity index (χ0n) is 14.2. The van der Waals surface area contributed by atoms with Gasteiger partial charge in [0.2, 0.25) is 17.6 Å². The van der Waals surface area contributed by atoms with Gasteiger partial charge in [-0.25, -0.2) is 0 Å². The molecule has 0 saturated carbocycles. The molecule has 0 aliphatic rings. The molecule has 26 heavy (non-hydrogen) atoms. The van der Waals surface area contributed by atoms with Crippen molar-refractivity contribution in [2.45, 2.75) is 19.8 Å². The number of aromatic nitrogens is 2. The van der Waals surface area contributed by atoms with E-state index in [9.17, 15) is 4.79 Å². The third kappa shape index (κ3) is 4.61. The summed E-state index contributed by atoms with van der Waals surface area (Å²) < 4.78 is 10.8. The average molecular weight is 372 g/mol. The monoisotopic (exact) mass is 371 g/mol. The number of amides is 1. The van der Waals surface area contributed by atoms with Gasteiger partial charge in [-0.05, 0) is 37.3 Å². The van der Waals surface area contributed by atoms with Gasteiger partial charge < -0.3 is 14.6 Å². The van der Waals surface area contributed by atoms with Crippen molar-refractivity contribution in [1.82, 2.24) is 10.1 Å². The summed E-state index contributed by atoms with van der Waals surface area (Å²) in [6.07, 6.45) is 0.567. The molecule has 0 atom stereocenters. The van der Waals surface area contributed by atoms with E-state index < -0.39 is 0 Å². The van der Waals surface area contributed by atoms with Gasteiger partial charge >= 0.3 is 0 Å². The van der Waals surface area contributed by atoms with E-state index in [-0.39, 0.29) is 12.3 Å². The number of hydrogen-bond acceptors (Lipinski definition) is 5. The van der Waals surface area contributed by atoms with Gasteiger partial charge in [0.1, 0.15) is 5.75 Å². The number of benzene rings is 2. The number of para-hydroxylation sites is 1. The number of anilines is 1. The number of carbonyl (C=O) groups is 1. The minimum absolute atomic E-state index is 0.151. The third-order valence-corrected chi connectivity index (χ3v) is 3.81. The first-order valence-corrected chi connectivity index (χ1v) is 8.63. The highest BCUT2D eigenvalue weighted by Gasteiger charge is 2.14. The topological polar surface area (TPSA) is 77.2 Å². The van der Waals surface area contributed by atoms with Crippen LogP contribution in [0.25, 0.3) is 11.4 Å². The van der Waals surface area contributed by atoms with Gasteiger partial charge in [-0.15, -0.1) is 0 Å². The number of rotatable bonds is 7. The first-order valence-electron chi connectivity index (χ1n) is 8.26. The largest absolute Gasteiger partial charge is 0.493 e. The smallest absolute Gasteiger partial charge is 0.227 e. The number of hydrogen-bond donors (Lipinski definition) is 1. The maximum Gasteiger partial charge on any atom is 0.227 e. The Morgan fingerprint density at radius 3 is 2.88 bits per heavy atom. The number of carbonyl (C=O) groups excluding carboxylic acids is 1. The van der Waals surface area contributed by atoms with Crippen LogP contribution in [0.3, 0.4) is 0 Å². The molecule has 0 aliphatic heterocycles. The van der Waals surface area contributed by atoms with Crippen LogP contribution in [0.5, 0.6) is 5.75 Å². The number of aryl methyl sites for hydroxylation is 1. The van der Waals surface area contributed by atoms with E-state index in [1.807, 2.05) is 31.2 Å². The highest BCUT2D eigenvalue weighted by atomic mass is 35.5. The van der Waals surface area contributed by atoms with E-state index in [0.29, 0.717) is 41.2 Å². The molecule has 0 aliphatic carbocycles. The SMILES string of the molecule is CCOc1ccccc1-c1noc(CCC(=O)Nc2cccc(Cl)c2)n1. The molecular formula is C19H18ClN3O3. The Morgan fingerprint density at radius 1 is 1.23 bits per heavy atom. The average Bonchev–Trinajstić information content (AvgIpc) is 3.10. The van der Waals surface area contributed by atoms with Gasteiger partial charge in [-0.1, -0.05) is 35.0 Å². The lowest BCUT2D eigenvalue weighted by Crippen LogP contribution is -2.12. The normalized spacial score (nSPS) is 10.5. The fourth-order valence-electron chi connectivity index (χ4n) is 2.41. The summed E-state index contributed by atoms with van der Waals surface area (Å²) in [4.78, 5) is 16.4. The minimum atomic E-state index is -0.151. The fourth-order valence-corrected chi connectivity index (χ4v) is 2.60. The quantitative estimate of drug-likeness (QED) is 0.667. The van der Waals surface area contributed by atoms with Crippen LogP contribution in [0.15, 0.2) is 53.1 Å². The van der Waals surface area contributed by atoms with Crippen molar-refractivity contribution < 1.29 is 14.1 Å². The van der Waals surface area contributed by atoms with Crippen molar-refractivity contribution >= 4 is 23.2 Å². The molecule has 0 fully saturated rings. The van der Waals surface area contributed by atoms with Gasteiger partial charge in [0, 0.05) is 23.6 Å². The van der Waals surface area contributed by atoms with Crippen molar-refractivity contribution in [2.75, 3.05) is 11.9 Å². The molecule has 0 radical (unpaired) electrons. The number of nitrogens with zero attached hydrogens (tertiary/aromatic N) is 2. The zero-order chi connectivity index (χ0) is 18.4. The molecule has 1 N–H and O–H groups in total. The Kier molecular flexibility index (Phi) is 5.86. The molecule has 1 aromatic heterocycles. The predicted molar refractivity (Wildman–Crippen MR) is 99.3 cm³/mol. The fraction of sp³-hybridized carbons (Fsp3) is 0.211. The summed E-state index contributed by atoms with van der Waals surface area (Å²) in [6, 6.07) is 14.5. The second kappa shape index (κ2) is 8.49. The molecule has 0 bridgehead atoms.